The number of carboxylic acids is 1. The van der Waals surface area contributed by atoms with Crippen LogP contribution < -0.4 is 4.74 Å². The van der Waals surface area contributed by atoms with Crippen molar-refractivity contribution in [1.29, 1.82) is 0 Å². The van der Waals surface area contributed by atoms with Gasteiger partial charge in [0.2, 0.25) is 5.60 Å². The molecular formula is C31H36F6N2O9S2. The first-order chi connectivity index (χ1) is 23.4. The molecule has 4 heterocycles. The maximum absolute atomic E-state index is 12.8. The maximum Gasteiger partial charge on any atom is 0.425 e. The van der Waals surface area contributed by atoms with Gasteiger partial charge in [-0.15, -0.1) is 35.8 Å². The van der Waals surface area contributed by atoms with E-state index in [1.54, 1.807) is 6.08 Å². The van der Waals surface area contributed by atoms with Crippen molar-refractivity contribution in [2.24, 2.45) is 0 Å². The van der Waals surface area contributed by atoms with E-state index < -0.39 is 51.9 Å². The second kappa shape index (κ2) is 18.1. The number of nitrogens with zero attached hydrogens (tertiary/aromatic N) is 2. The molecule has 2 aromatic heterocycles. The first kappa shape index (κ1) is 41.9. The molecule has 0 bridgehead atoms. The number of thiophene rings is 2. The molecule has 0 spiro atoms. The molecular weight excluding hydrogens is 722 g/mol. The summed E-state index contributed by atoms with van der Waals surface area (Å²) in [6, 6.07) is 0.129. The van der Waals surface area contributed by atoms with Crippen molar-refractivity contribution >= 4 is 46.6 Å². The molecule has 50 heavy (non-hydrogen) atoms. The Kier molecular flexibility index (Phi) is 15.2. The minimum Gasteiger partial charge on any atom is -0.507 e. The summed E-state index contributed by atoms with van der Waals surface area (Å²) >= 11 is 0.895. The highest BCUT2D eigenvalue weighted by Crippen LogP contribution is 2.41. The Morgan fingerprint density at radius 2 is 1.46 bits per heavy atom. The molecule has 4 rings (SSSR count). The lowest BCUT2D eigenvalue weighted by molar-refractivity contribution is -0.166. The van der Waals surface area contributed by atoms with E-state index in [4.69, 9.17) is 14.6 Å². The van der Waals surface area contributed by atoms with Gasteiger partial charge in [-0.05, 0) is 25.7 Å². The molecule has 2 N–H and O–H groups in total. The fourth-order valence-corrected chi connectivity index (χ4v) is 6.50. The highest BCUT2D eigenvalue weighted by molar-refractivity contribution is 7.10. The van der Waals surface area contributed by atoms with Crippen molar-refractivity contribution in [1.82, 2.24) is 9.80 Å². The largest absolute Gasteiger partial charge is 0.507 e. The molecule has 2 amide bonds. The Balaban J connectivity index is 0.000000300. The molecule has 2 aliphatic rings. The molecule has 3 unspecified atom stereocenters. The van der Waals surface area contributed by atoms with Gasteiger partial charge in [0, 0.05) is 48.8 Å². The topological polar surface area (TPSA) is 143 Å². The van der Waals surface area contributed by atoms with Crippen LogP contribution in [0.4, 0.5) is 35.9 Å². The van der Waals surface area contributed by atoms with Gasteiger partial charge in [0.15, 0.2) is 5.78 Å². The predicted molar refractivity (Wildman–Crippen MR) is 170 cm³/mol. The molecule has 2 fully saturated rings. The van der Waals surface area contributed by atoms with Crippen LogP contribution in [0.25, 0.3) is 0 Å². The SMILES string of the molecule is C=CCC1C(=O)CCCN1C(=O)OC.C=CCC1N(C(=O)OC)CCCC1(Oc1csc(C(F)(F)F)c1)C(=O)O.Oc1csc(C(F)(F)F)c1. The second-order valence-corrected chi connectivity index (χ2v) is 12.5. The Labute approximate surface area is 291 Å². The van der Waals surface area contributed by atoms with E-state index in [1.165, 1.54) is 30.1 Å². The Hall–Kier alpha value is -4.26. The van der Waals surface area contributed by atoms with Gasteiger partial charge in [0.05, 0.1) is 26.3 Å². The van der Waals surface area contributed by atoms with Gasteiger partial charge >= 0.3 is 30.5 Å². The van der Waals surface area contributed by atoms with Crippen LogP contribution in [-0.4, -0.2) is 88.9 Å². The summed E-state index contributed by atoms with van der Waals surface area (Å²) in [4.78, 5) is 48.0. The number of likely N-dealkylation sites (tertiary alicyclic amines) is 2. The Bertz CT molecular complexity index is 1490. The number of aromatic hydroxyl groups is 1. The number of methoxy groups -OCH3 is 2. The number of ketones is 1. The van der Waals surface area contributed by atoms with Crippen molar-refractivity contribution in [2.45, 2.75) is 68.6 Å². The van der Waals surface area contributed by atoms with Crippen LogP contribution in [0.1, 0.15) is 48.3 Å². The highest BCUT2D eigenvalue weighted by Gasteiger charge is 2.54. The summed E-state index contributed by atoms with van der Waals surface area (Å²) in [5.41, 5.74) is -1.90. The summed E-state index contributed by atoms with van der Waals surface area (Å²) < 4.78 is 88.4. The zero-order chi connectivity index (χ0) is 37.9. The van der Waals surface area contributed by atoms with E-state index in [1.807, 2.05) is 0 Å². The standard InChI is InChI=1S/C16H18F3NO5S.C10H15NO3.C5H3F3OS/c1-3-5-11-15(13(21)22,6-4-7-20(11)14(23)24-2)25-10-8-12(26-9-10)16(17,18)19;1-3-5-8-9(12)6-4-7-11(8)10(13)14-2;6-5(7,8)4-1-3(9)2-10-4/h3,8-9,11H,1,4-7H2,2H3,(H,21,22);3,8H,1,4-7H2,2H3;1-2,9H. The number of aliphatic carboxylic acids is 1. The van der Waals surface area contributed by atoms with Crippen LogP contribution in [0.15, 0.2) is 48.2 Å². The number of rotatable bonds is 7. The van der Waals surface area contributed by atoms with Crippen LogP contribution in [0, 0.1) is 0 Å². The fraction of sp³-hybridized carbons (Fsp3) is 0.484. The molecule has 3 atom stereocenters. The second-order valence-electron chi connectivity index (χ2n) is 10.7. The van der Waals surface area contributed by atoms with Crippen LogP contribution in [0.5, 0.6) is 11.5 Å². The third kappa shape index (κ3) is 10.9. The molecule has 0 saturated carbocycles. The van der Waals surface area contributed by atoms with E-state index >= 15 is 0 Å². The molecule has 278 valence electrons. The van der Waals surface area contributed by atoms with Gasteiger partial charge in [0.1, 0.15) is 21.3 Å². The molecule has 2 saturated heterocycles. The average molecular weight is 759 g/mol. The Morgan fingerprint density at radius 3 is 1.92 bits per heavy atom. The third-order valence-electron chi connectivity index (χ3n) is 7.41. The van der Waals surface area contributed by atoms with Crippen molar-refractivity contribution in [3.05, 3.63) is 58.0 Å². The summed E-state index contributed by atoms with van der Waals surface area (Å²) in [6.45, 7) is 7.99. The summed E-state index contributed by atoms with van der Waals surface area (Å²) in [5, 5.41) is 20.5. The van der Waals surface area contributed by atoms with Gasteiger partial charge in [-0.3, -0.25) is 9.69 Å². The monoisotopic (exact) mass is 758 g/mol. The first-order valence-corrected chi connectivity index (χ1v) is 16.5. The molecule has 19 heteroatoms. The minimum atomic E-state index is -4.55. The van der Waals surface area contributed by atoms with E-state index in [-0.39, 0.29) is 42.7 Å². The van der Waals surface area contributed by atoms with Crippen LogP contribution in [0.3, 0.4) is 0 Å². The van der Waals surface area contributed by atoms with Gasteiger partial charge < -0.3 is 29.3 Å². The van der Waals surface area contributed by atoms with Gasteiger partial charge in [-0.1, -0.05) is 12.2 Å². The first-order valence-electron chi connectivity index (χ1n) is 14.7. The lowest BCUT2D eigenvalue weighted by Crippen LogP contribution is -2.65. The summed E-state index contributed by atoms with van der Waals surface area (Å²) in [5.74, 6) is -1.80. The van der Waals surface area contributed by atoms with E-state index in [2.05, 4.69) is 17.9 Å². The quantitative estimate of drug-likeness (QED) is 0.216. The number of ether oxygens (including phenoxy) is 3. The number of carbonyl (C=O) groups excluding carboxylic acids is 3. The number of hydrogen-bond acceptors (Lipinski definition) is 10. The number of alkyl halides is 6. The lowest BCUT2D eigenvalue weighted by Gasteiger charge is -2.45. The number of amides is 2. The molecule has 0 aromatic carbocycles. The number of carbonyl (C=O) groups is 4. The van der Waals surface area contributed by atoms with Crippen LogP contribution in [0.2, 0.25) is 0 Å². The third-order valence-corrected chi connectivity index (χ3v) is 9.33. The summed E-state index contributed by atoms with van der Waals surface area (Å²) in [6.07, 6.45) is -4.75. The van der Waals surface area contributed by atoms with Crippen molar-refractivity contribution in [3.8, 4) is 11.5 Å². The number of piperidine rings is 2. The Morgan fingerprint density at radius 1 is 0.920 bits per heavy atom. The summed E-state index contributed by atoms with van der Waals surface area (Å²) in [7, 11) is 2.49. The van der Waals surface area contributed by atoms with Gasteiger partial charge in [-0.25, -0.2) is 14.4 Å². The average Bonchev–Trinajstić information content (AvgIpc) is 3.72. The molecule has 2 aromatic rings. The highest BCUT2D eigenvalue weighted by atomic mass is 32.1. The molecule has 0 aliphatic carbocycles. The molecule has 2 aliphatic heterocycles. The zero-order valence-electron chi connectivity index (χ0n) is 26.9. The lowest BCUT2D eigenvalue weighted by atomic mass is 9.82. The zero-order valence-corrected chi connectivity index (χ0v) is 28.6. The maximum atomic E-state index is 12.8. The number of hydrogen-bond donors (Lipinski definition) is 2. The fourth-order valence-electron chi connectivity index (χ4n) is 5.19. The number of Topliss-reactive ketones (excluding diaryl/α,β-unsaturated/α-hetero) is 1. The molecule has 0 radical (unpaired) electrons. The van der Waals surface area contributed by atoms with Crippen molar-refractivity contribution in [2.75, 3.05) is 27.3 Å². The van der Waals surface area contributed by atoms with Gasteiger partial charge in [0.25, 0.3) is 0 Å². The van der Waals surface area contributed by atoms with E-state index in [0.717, 1.165) is 23.2 Å². The smallest absolute Gasteiger partial charge is 0.425 e. The molecule has 11 nitrogen and oxygen atoms in total. The predicted octanol–water partition coefficient (Wildman–Crippen LogP) is 7.61. The normalized spacial score (nSPS) is 20.7. The number of halogens is 6. The minimum absolute atomic E-state index is 0.0333. The van der Waals surface area contributed by atoms with Crippen LogP contribution in [-0.2, 0) is 31.4 Å². The van der Waals surface area contributed by atoms with Gasteiger partial charge in [-0.2, -0.15) is 26.3 Å². The van der Waals surface area contributed by atoms with E-state index in [0.29, 0.717) is 54.5 Å². The van der Waals surface area contributed by atoms with E-state index in [9.17, 15) is 50.6 Å². The number of carboxylic acid groups (broad SMARTS) is 1. The van der Waals surface area contributed by atoms with Crippen molar-refractivity contribution in [3.63, 3.8) is 0 Å². The van der Waals surface area contributed by atoms with Crippen LogP contribution >= 0.6 is 22.7 Å². The van der Waals surface area contributed by atoms with Crippen molar-refractivity contribution < 1.29 is 69.9 Å².